The number of fused-ring (bicyclic) bond motifs is 2. The number of carbonyl (C=O) groups excluding carboxylic acids is 2. The Kier molecular flexibility index (Phi) is 7.20. The molecule has 26 heavy (non-hydrogen) atoms. The molecule has 0 radical (unpaired) electrons. The molecule has 0 aliphatic heterocycles. The molecular formula is C14H8Na2O8S2+2. The zero-order chi connectivity index (χ0) is 17.9. The van der Waals surface area contributed by atoms with Crippen LogP contribution >= 0.6 is 0 Å². The summed E-state index contributed by atoms with van der Waals surface area (Å²) < 4.78 is 62.8. The van der Waals surface area contributed by atoms with E-state index in [-0.39, 0.29) is 81.4 Å². The second-order valence-corrected chi connectivity index (χ2v) is 7.87. The van der Waals surface area contributed by atoms with Crippen LogP contribution in [0.5, 0.6) is 0 Å². The van der Waals surface area contributed by atoms with Crippen molar-refractivity contribution in [2.45, 2.75) is 9.79 Å². The molecule has 8 nitrogen and oxygen atoms in total. The third-order valence-electron chi connectivity index (χ3n) is 3.56. The normalized spacial score (nSPS) is 13.2. The van der Waals surface area contributed by atoms with Crippen LogP contribution in [0.4, 0.5) is 0 Å². The monoisotopic (exact) mass is 414 g/mol. The predicted octanol–water partition coefficient (Wildman–Crippen LogP) is -5.04. The van der Waals surface area contributed by atoms with Crippen molar-refractivity contribution >= 4 is 31.8 Å². The van der Waals surface area contributed by atoms with Gasteiger partial charge in [-0.1, -0.05) is 0 Å². The molecule has 124 valence electrons. The van der Waals surface area contributed by atoms with Crippen LogP contribution < -0.4 is 59.1 Å². The van der Waals surface area contributed by atoms with Crippen molar-refractivity contribution in [3.8, 4) is 0 Å². The minimum atomic E-state index is -4.56. The standard InChI is InChI=1S/C14H8O8S2.2Na/c15-13-9-3-1-7(23(17,18)19)5-11(9)14(16)10-4-2-8(6-12(10)13)24(20,21)22;;/h1-6H,(H,17,18,19)(H,20,21,22);;/q;2*+1. The van der Waals surface area contributed by atoms with Crippen molar-refractivity contribution in [2.24, 2.45) is 0 Å². The maximum atomic E-state index is 12.5. The Morgan fingerprint density at radius 1 is 0.577 bits per heavy atom. The summed E-state index contributed by atoms with van der Waals surface area (Å²) in [7, 11) is -9.11. The number of hydrogen-bond donors (Lipinski definition) is 2. The van der Waals surface area contributed by atoms with E-state index in [0.717, 1.165) is 36.4 Å². The molecule has 0 atom stereocenters. The van der Waals surface area contributed by atoms with Crippen molar-refractivity contribution < 1.29 is 94.6 Å². The Bertz CT molecular complexity index is 1050. The van der Waals surface area contributed by atoms with Gasteiger partial charge in [-0.25, -0.2) is 0 Å². The molecule has 1 aliphatic carbocycles. The van der Waals surface area contributed by atoms with E-state index in [1.807, 2.05) is 0 Å². The largest absolute Gasteiger partial charge is 1.00 e. The first-order valence-corrected chi connectivity index (χ1v) is 9.20. The van der Waals surface area contributed by atoms with Crippen molar-refractivity contribution in [1.82, 2.24) is 0 Å². The summed E-state index contributed by atoms with van der Waals surface area (Å²) in [6, 6.07) is 5.78. The number of rotatable bonds is 2. The van der Waals surface area contributed by atoms with Crippen LogP contribution in [-0.2, 0) is 20.2 Å². The third-order valence-corrected chi connectivity index (χ3v) is 5.26. The number of ketones is 2. The first kappa shape index (κ1) is 23.6. The van der Waals surface area contributed by atoms with Gasteiger partial charge >= 0.3 is 59.1 Å². The minimum Gasteiger partial charge on any atom is -0.289 e. The van der Waals surface area contributed by atoms with Crippen LogP contribution in [0.2, 0.25) is 0 Å². The molecule has 0 aromatic heterocycles. The topological polar surface area (TPSA) is 143 Å². The molecule has 0 unspecified atom stereocenters. The molecule has 1 aliphatic rings. The SMILES string of the molecule is O=C1c2ccc(S(=O)(=O)O)cc2C(=O)c2ccc(S(=O)(=O)O)cc21.[Na+].[Na+]. The number of carbonyl (C=O) groups is 2. The molecular weight excluding hydrogens is 406 g/mol. The maximum Gasteiger partial charge on any atom is 1.00 e. The van der Waals surface area contributed by atoms with E-state index in [2.05, 4.69) is 0 Å². The van der Waals surface area contributed by atoms with Gasteiger partial charge in [0.1, 0.15) is 0 Å². The molecule has 2 N–H and O–H groups in total. The fourth-order valence-corrected chi connectivity index (χ4v) is 3.44. The molecule has 3 rings (SSSR count). The number of benzene rings is 2. The summed E-state index contributed by atoms with van der Waals surface area (Å²) in [5.41, 5.74) is -0.704. The van der Waals surface area contributed by atoms with Crippen LogP contribution in [0.25, 0.3) is 0 Å². The first-order valence-electron chi connectivity index (χ1n) is 6.32. The van der Waals surface area contributed by atoms with E-state index in [1.165, 1.54) is 0 Å². The second kappa shape index (κ2) is 7.92. The second-order valence-electron chi connectivity index (χ2n) is 5.02. The summed E-state index contributed by atoms with van der Waals surface area (Å²) in [5, 5.41) is 0. The summed E-state index contributed by atoms with van der Waals surface area (Å²) in [6.45, 7) is 0. The Morgan fingerprint density at radius 3 is 1.15 bits per heavy atom. The summed E-state index contributed by atoms with van der Waals surface area (Å²) in [5.74, 6) is -1.40. The van der Waals surface area contributed by atoms with E-state index in [9.17, 15) is 26.4 Å². The average molecular weight is 414 g/mol. The molecule has 2 aromatic carbocycles. The van der Waals surface area contributed by atoms with E-state index >= 15 is 0 Å². The van der Waals surface area contributed by atoms with Gasteiger partial charge in [-0.3, -0.25) is 18.7 Å². The fraction of sp³-hybridized carbons (Fsp3) is 0. The van der Waals surface area contributed by atoms with Crippen LogP contribution in [0.3, 0.4) is 0 Å². The molecule has 2 aromatic rings. The molecule has 0 spiro atoms. The van der Waals surface area contributed by atoms with Crippen molar-refractivity contribution in [1.29, 1.82) is 0 Å². The van der Waals surface area contributed by atoms with Crippen LogP contribution in [0.15, 0.2) is 46.2 Å². The molecule has 0 saturated carbocycles. The zero-order valence-corrected chi connectivity index (χ0v) is 19.3. The minimum absolute atomic E-state index is 0. The van der Waals surface area contributed by atoms with E-state index < -0.39 is 41.6 Å². The van der Waals surface area contributed by atoms with Crippen LogP contribution in [0, 0.1) is 0 Å². The fourth-order valence-electron chi connectivity index (χ4n) is 2.43. The Balaban J connectivity index is 0.00000169. The Morgan fingerprint density at radius 2 is 0.885 bits per heavy atom. The summed E-state index contributed by atoms with van der Waals surface area (Å²) in [6.07, 6.45) is 0. The van der Waals surface area contributed by atoms with Gasteiger partial charge in [0, 0.05) is 22.3 Å². The van der Waals surface area contributed by atoms with Gasteiger partial charge in [-0.2, -0.15) is 16.8 Å². The molecule has 0 heterocycles. The van der Waals surface area contributed by atoms with E-state index in [4.69, 9.17) is 9.11 Å². The van der Waals surface area contributed by atoms with Crippen molar-refractivity contribution in [2.75, 3.05) is 0 Å². The van der Waals surface area contributed by atoms with Gasteiger partial charge in [0.25, 0.3) is 20.2 Å². The maximum absolute atomic E-state index is 12.5. The Hall–Kier alpha value is -0.400. The predicted molar refractivity (Wildman–Crippen MR) is 79.4 cm³/mol. The molecule has 0 amide bonds. The van der Waals surface area contributed by atoms with Gasteiger partial charge in [0.05, 0.1) is 9.79 Å². The van der Waals surface area contributed by atoms with Crippen LogP contribution in [-0.4, -0.2) is 37.5 Å². The van der Waals surface area contributed by atoms with Gasteiger partial charge in [0.2, 0.25) is 0 Å². The molecule has 0 fully saturated rings. The van der Waals surface area contributed by atoms with Crippen LogP contribution in [0.1, 0.15) is 31.8 Å². The first-order chi connectivity index (χ1) is 11.0. The zero-order valence-electron chi connectivity index (χ0n) is 13.6. The molecule has 0 bridgehead atoms. The van der Waals surface area contributed by atoms with E-state index in [1.54, 1.807) is 0 Å². The Labute approximate surface area is 193 Å². The third kappa shape index (κ3) is 4.20. The van der Waals surface area contributed by atoms with Gasteiger partial charge < -0.3 is 0 Å². The summed E-state index contributed by atoms with van der Waals surface area (Å²) >= 11 is 0. The molecule has 12 heteroatoms. The van der Waals surface area contributed by atoms with Crippen molar-refractivity contribution in [3.63, 3.8) is 0 Å². The van der Waals surface area contributed by atoms with E-state index in [0.29, 0.717) is 0 Å². The van der Waals surface area contributed by atoms with Crippen molar-refractivity contribution in [3.05, 3.63) is 58.7 Å². The average Bonchev–Trinajstić information content (AvgIpc) is 2.49. The quantitative estimate of drug-likeness (QED) is 0.313. The van der Waals surface area contributed by atoms with Gasteiger partial charge in [-0.15, -0.1) is 0 Å². The van der Waals surface area contributed by atoms with Gasteiger partial charge in [-0.05, 0) is 36.4 Å². The molecule has 0 saturated heterocycles. The summed E-state index contributed by atoms with van der Waals surface area (Å²) in [4.78, 5) is 23.8. The van der Waals surface area contributed by atoms with Gasteiger partial charge in [0.15, 0.2) is 11.6 Å². The smallest absolute Gasteiger partial charge is 0.289 e. The number of hydrogen-bond acceptors (Lipinski definition) is 6.